The Bertz CT molecular complexity index is 162. The number of rotatable bonds is 1. The van der Waals surface area contributed by atoms with Crippen molar-refractivity contribution >= 4 is 12.2 Å². The molecule has 48 valence electrons. The van der Waals surface area contributed by atoms with Gasteiger partial charge in [0.05, 0.1) is 6.54 Å². The normalized spacial score (nSPS) is 15.8. The molecule has 0 radical (unpaired) electrons. The highest BCUT2D eigenvalue weighted by Crippen LogP contribution is 1.81. The number of carbonyl (C=O) groups excluding carboxylic acids is 1. The van der Waals surface area contributed by atoms with E-state index in [1.807, 2.05) is 0 Å². The fraction of sp³-hybridized carbons (Fsp3) is 0.200. The summed E-state index contributed by atoms with van der Waals surface area (Å²) in [5.74, 6) is 0.646. The van der Waals surface area contributed by atoms with Crippen LogP contribution < -0.4 is 10.6 Å². The van der Waals surface area contributed by atoms with E-state index in [1.54, 1.807) is 12.4 Å². The van der Waals surface area contributed by atoms with E-state index in [2.05, 4.69) is 15.6 Å². The van der Waals surface area contributed by atoms with E-state index in [0.29, 0.717) is 18.8 Å². The minimum absolute atomic E-state index is 0.592. The molecule has 0 fully saturated rings. The molecule has 0 aliphatic carbocycles. The van der Waals surface area contributed by atoms with Gasteiger partial charge in [-0.05, 0) is 0 Å². The summed E-state index contributed by atoms with van der Waals surface area (Å²) < 4.78 is 0. The molecule has 0 atom stereocenters. The van der Waals surface area contributed by atoms with E-state index in [0.717, 1.165) is 0 Å². The van der Waals surface area contributed by atoms with Gasteiger partial charge < -0.3 is 10.6 Å². The van der Waals surface area contributed by atoms with Crippen molar-refractivity contribution in [3.63, 3.8) is 0 Å². The Kier molecular flexibility index (Phi) is 1.85. The van der Waals surface area contributed by atoms with Crippen molar-refractivity contribution in [2.75, 3.05) is 6.54 Å². The highest BCUT2D eigenvalue weighted by Gasteiger charge is 1.95. The highest BCUT2D eigenvalue weighted by atomic mass is 16.1. The van der Waals surface area contributed by atoms with Crippen LogP contribution in [0.5, 0.6) is 0 Å². The summed E-state index contributed by atoms with van der Waals surface area (Å²) in [6, 6.07) is 0. The summed E-state index contributed by atoms with van der Waals surface area (Å²) in [5, 5.41) is 5.33. The first-order valence-electron chi connectivity index (χ1n) is 2.59. The first-order chi connectivity index (χ1) is 4.43. The molecular formula is C5H7N3O. The molecule has 0 aromatic rings. The maximum atomic E-state index is 9.83. The van der Waals surface area contributed by atoms with Gasteiger partial charge in [0.25, 0.3) is 0 Å². The van der Waals surface area contributed by atoms with Crippen molar-refractivity contribution in [1.82, 2.24) is 10.6 Å². The lowest BCUT2D eigenvalue weighted by atomic mass is 10.5. The second kappa shape index (κ2) is 2.86. The van der Waals surface area contributed by atoms with Crippen LogP contribution in [0.2, 0.25) is 0 Å². The zero-order chi connectivity index (χ0) is 6.53. The number of amidine groups is 1. The van der Waals surface area contributed by atoms with Crippen molar-refractivity contribution in [3.8, 4) is 0 Å². The van der Waals surface area contributed by atoms with E-state index in [9.17, 15) is 4.79 Å². The largest absolute Gasteiger partial charge is 0.382 e. The van der Waals surface area contributed by atoms with Gasteiger partial charge >= 0.3 is 0 Å². The van der Waals surface area contributed by atoms with Crippen molar-refractivity contribution < 1.29 is 4.79 Å². The molecule has 1 aliphatic heterocycles. The van der Waals surface area contributed by atoms with Crippen LogP contribution in [0.25, 0.3) is 0 Å². The number of nitrogens with zero attached hydrogens (tertiary/aromatic N) is 1. The van der Waals surface area contributed by atoms with Crippen molar-refractivity contribution in [3.05, 3.63) is 12.4 Å². The number of nitrogens with one attached hydrogen (secondary N) is 2. The van der Waals surface area contributed by atoms with Gasteiger partial charge in [-0.25, -0.2) is 4.99 Å². The standard InChI is InChI=1S/C5H7N3O/c9-4-8-5-3-6-1-2-7-5/h1-2,4,6H,3H2,(H,7,8,9). The first kappa shape index (κ1) is 5.81. The summed E-state index contributed by atoms with van der Waals surface area (Å²) in [5.41, 5.74) is 0. The SMILES string of the molecule is O=CNC1=NC=CNC1. The Morgan fingerprint density at radius 1 is 1.89 bits per heavy atom. The van der Waals surface area contributed by atoms with Crippen LogP contribution in [0.3, 0.4) is 0 Å². The minimum Gasteiger partial charge on any atom is -0.382 e. The third-order valence-corrected chi connectivity index (χ3v) is 0.918. The maximum Gasteiger partial charge on any atom is 0.212 e. The molecule has 1 amide bonds. The first-order valence-corrected chi connectivity index (χ1v) is 2.59. The van der Waals surface area contributed by atoms with Gasteiger partial charge in [0.15, 0.2) is 0 Å². The van der Waals surface area contributed by atoms with E-state index in [4.69, 9.17) is 0 Å². The van der Waals surface area contributed by atoms with Crippen LogP contribution in [0.1, 0.15) is 0 Å². The second-order valence-corrected chi connectivity index (χ2v) is 1.53. The van der Waals surface area contributed by atoms with E-state index >= 15 is 0 Å². The molecule has 1 aliphatic rings. The Morgan fingerprint density at radius 2 is 2.78 bits per heavy atom. The quantitative estimate of drug-likeness (QED) is 0.451. The fourth-order valence-electron chi connectivity index (χ4n) is 0.538. The lowest BCUT2D eigenvalue weighted by molar-refractivity contribution is -0.108. The lowest BCUT2D eigenvalue weighted by Crippen LogP contribution is -2.32. The molecule has 0 aromatic carbocycles. The monoisotopic (exact) mass is 125 g/mol. The molecular weight excluding hydrogens is 118 g/mol. The molecule has 4 heteroatoms. The van der Waals surface area contributed by atoms with Crippen LogP contribution in [-0.4, -0.2) is 18.8 Å². The summed E-state index contributed by atoms with van der Waals surface area (Å²) in [6.45, 7) is 0.592. The average Bonchev–Trinajstić information content (AvgIpc) is 1.91. The van der Waals surface area contributed by atoms with Crippen molar-refractivity contribution in [1.29, 1.82) is 0 Å². The smallest absolute Gasteiger partial charge is 0.212 e. The predicted octanol–water partition coefficient (Wildman–Crippen LogP) is -0.795. The van der Waals surface area contributed by atoms with Crippen LogP contribution >= 0.6 is 0 Å². The van der Waals surface area contributed by atoms with Crippen molar-refractivity contribution in [2.45, 2.75) is 0 Å². The predicted molar refractivity (Wildman–Crippen MR) is 33.8 cm³/mol. The molecule has 9 heavy (non-hydrogen) atoms. The number of carbonyl (C=O) groups is 1. The molecule has 0 unspecified atom stereocenters. The van der Waals surface area contributed by atoms with Crippen molar-refractivity contribution in [2.24, 2.45) is 4.99 Å². The molecule has 0 saturated carbocycles. The molecule has 2 N–H and O–H groups in total. The zero-order valence-corrected chi connectivity index (χ0v) is 4.79. The second-order valence-electron chi connectivity index (χ2n) is 1.53. The molecule has 0 aromatic heterocycles. The zero-order valence-electron chi connectivity index (χ0n) is 4.79. The van der Waals surface area contributed by atoms with Gasteiger partial charge in [-0.3, -0.25) is 4.79 Å². The average molecular weight is 125 g/mol. The summed E-state index contributed by atoms with van der Waals surface area (Å²) in [6.07, 6.45) is 3.92. The Morgan fingerprint density at radius 3 is 3.33 bits per heavy atom. The van der Waals surface area contributed by atoms with Crippen LogP contribution in [0, 0.1) is 0 Å². The molecule has 0 bridgehead atoms. The number of aliphatic imine (C=N–C) groups is 1. The third kappa shape index (κ3) is 1.56. The van der Waals surface area contributed by atoms with Crippen LogP contribution in [0.4, 0.5) is 0 Å². The Hall–Kier alpha value is -1.32. The summed E-state index contributed by atoms with van der Waals surface area (Å²) in [7, 11) is 0. The Labute approximate surface area is 52.7 Å². The number of hydrogen-bond acceptors (Lipinski definition) is 3. The van der Waals surface area contributed by atoms with Gasteiger partial charge in [-0.1, -0.05) is 0 Å². The molecule has 1 heterocycles. The van der Waals surface area contributed by atoms with Gasteiger partial charge in [-0.15, -0.1) is 0 Å². The number of hydrogen-bond donors (Lipinski definition) is 2. The van der Waals surface area contributed by atoms with Gasteiger partial charge in [0.1, 0.15) is 5.84 Å². The van der Waals surface area contributed by atoms with Gasteiger partial charge in [0.2, 0.25) is 6.41 Å². The molecule has 0 spiro atoms. The molecule has 0 saturated heterocycles. The van der Waals surface area contributed by atoms with E-state index < -0.39 is 0 Å². The van der Waals surface area contributed by atoms with Gasteiger partial charge in [-0.2, -0.15) is 0 Å². The fourth-order valence-corrected chi connectivity index (χ4v) is 0.538. The topological polar surface area (TPSA) is 53.5 Å². The van der Waals surface area contributed by atoms with Gasteiger partial charge in [0, 0.05) is 12.4 Å². The van der Waals surface area contributed by atoms with E-state index in [1.165, 1.54) is 0 Å². The Balaban J connectivity index is 2.47. The lowest BCUT2D eigenvalue weighted by Gasteiger charge is -2.06. The third-order valence-electron chi connectivity index (χ3n) is 0.918. The summed E-state index contributed by atoms with van der Waals surface area (Å²) in [4.78, 5) is 13.7. The highest BCUT2D eigenvalue weighted by molar-refractivity contribution is 5.92. The minimum atomic E-state index is 0.592. The van der Waals surface area contributed by atoms with Crippen LogP contribution in [-0.2, 0) is 4.79 Å². The van der Waals surface area contributed by atoms with E-state index in [-0.39, 0.29) is 0 Å². The summed E-state index contributed by atoms with van der Waals surface area (Å²) >= 11 is 0. The molecule has 1 rings (SSSR count). The maximum absolute atomic E-state index is 9.83. The van der Waals surface area contributed by atoms with Crippen LogP contribution in [0.15, 0.2) is 17.4 Å². The number of amides is 1. The molecule has 4 nitrogen and oxygen atoms in total.